The molecule has 3 aliphatic rings. The van der Waals surface area contributed by atoms with Gasteiger partial charge in [0.2, 0.25) is 5.91 Å². The quantitative estimate of drug-likeness (QED) is 0.641. The van der Waals surface area contributed by atoms with Gasteiger partial charge in [-0.2, -0.15) is 0 Å². The Labute approximate surface area is 196 Å². The van der Waals surface area contributed by atoms with Gasteiger partial charge in [0.25, 0.3) is 0 Å². The highest BCUT2D eigenvalue weighted by atomic mass is 16.6. The predicted octanol–water partition coefficient (Wildman–Crippen LogP) is 2.11. The fourth-order valence-corrected chi connectivity index (χ4v) is 5.10. The topological polar surface area (TPSA) is 82.6 Å². The van der Waals surface area contributed by atoms with Crippen molar-refractivity contribution in [3.63, 3.8) is 0 Å². The second-order valence-electron chi connectivity index (χ2n) is 9.69. The molecule has 1 N–H and O–H groups in total. The van der Waals surface area contributed by atoms with Gasteiger partial charge in [-0.25, -0.2) is 4.79 Å². The molecule has 1 aromatic rings. The molecule has 1 aromatic carbocycles. The minimum Gasteiger partial charge on any atom is -0.445 e. The molecule has 4 rings (SSSR count). The van der Waals surface area contributed by atoms with E-state index >= 15 is 0 Å². The minimum absolute atomic E-state index is 0.0447. The zero-order chi connectivity index (χ0) is 23.3. The van der Waals surface area contributed by atoms with E-state index in [2.05, 4.69) is 4.90 Å². The molecule has 8 nitrogen and oxygen atoms in total. The predicted molar refractivity (Wildman–Crippen MR) is 124 cm³/mol. The molecular formula is C25H37N3O5. The number of hydrogen-bond donors (Lipinski definition) is 1. The molecule has 182 valence electrons. The molecule has 8 heteroatoms. The zero-order valence-corrected chi connectivity index (χ0v) is 19.7. The second kappa shape index (κ2) is 10.8. The average molecular weight is 460 g/mol. The van der Waals surface area contributed by atoms with Gasteiger partial charge in [0.15, 0.2) is 0 Å². The van der Waals surface area contributed by atoms with E-state index in [1.54, 1.807) is 12.0 Å². The van der Waals surface area contributed by atoms with E-state index in [4.69, 9.17) is 9.47 Å². The summed E-state index contributed by atoms with van der Waals surface area (Å²) in [4.78, 5) is 31.3. The number of carbonyl (C=O) groups is 2. The molecule has 2 atom stereocenters. The van der Waals surface area contributed by atoms with Crippen molar-refractivity contribution < 1.29 is 24.2 Å². The lowest BCUT2D eigenvalue weighted by Gasteiger charge is -2.38. The summed E-state index contributed by atoms with van der Waals surface area (Å²) in [5, 5.41) is 10.5. The monoisotopic (exact) mass is 459 g/mol. The van der Waals surface area contributed by atoms with Crippen molar-refractivity contribution in [2.75, 3.05) is 53.0 Å². The second-order valence-corrected chi connectivity index (χ2v) is 9.69. The first-order valence-corrected chi connectivity index (χ1v) is 12.2. The Morgan fingerprint density at radius 2 is 1.94 bits per heavy atom. The number of β-amino-alcohol motifs (C(OH)–C–C–N with tert-alkyl or cyclic N) is 1. The van der Waals surface area contributed by atoms with Crippen LogP contribution in [0.5, 0.6) is 0 Å². The lowest BCUT2D eigenvalue weighted by Crippen LogP contribution is -2.49. The summed E-state index contributed by atoms with van der Waals surface area (Å²) in [6.45, 7) is 4.52. The fourth-order valence-electron chi connectivity index (χ4n) is 5.10. The van der Waals surface area contributed by atoms with E-state index in [1.807, 2.05) is 35.2 Å². The summed E-state index contributed by atoms with van der Waals surface area (Å²) in [5.74, 6) is 0.0472. The summed E-state index contributed by atoms with van der Waals surface area (Å²) in [6.07, 6.45) is 3.83. The third kappa shape index (κ3) is 6.05. The zero-order valence-electron chi connectivity index (χ0n) is 19.7. The van der Waals surface area contributed by atoms with Crippen molar-refractivity contribution in [3.05, 3.63) is 35.9 Å². The van der Waals surface area contributed by atoms with Crippen LogP contribution in [0.1, 0.15) is 37.7 Å². The number of benzene rings is 1. The molecule has 33 heavy (non-hydrogen) atoms. The van der Waals surface area contributed by atoms with Crippen LogP contribution in [-0.2, 0) is 20.9 Å². The molecule has 3 fully saturated rings. The van der Waals surface area contributed by atoms with E-state index in [0.29, 0.717) is 32.8 Å². The lowest BCUT2D eigenvalue weighted by molar-refractivity contribution is -0.134. The number of aliphatic hydroxyl groups is 1. The highest BCUT2D eigenvalue weighted by molar-refractivity contribution is 5.78. The van der Waals surface area contributed by atoms with Crippen LogP contribution in [0.2, 0.25) is 0 Å². The summed E-state index contributed by atoms with van der Waals surface area (Å²) in [5.41, 5.74) is 1.14. The Hall–Kier alpha value is -2.16. The first-order valence-electron chi connectivity index (χ1n) is 12.2. The third-order valence-corrected chi connectivity index (χ3v) is 7.52. The van der Waals surface area contributed by atoms with Crippen LogP contribution in [-0.4, -0.2) is 96.9 Å². The molecule has 2 heterocycles. The molecule has 2 saturated heterocycles. The number of aliphatic hydroxyl groups excluding tert-OH is 1. The maximum absolute atomic E-state index is 12.9. The van der Waals surface area contributed by atoms with E-state index in [-0.39, 0.29) is 42.6 Å². The van der Waals surface area contributed by atoms with Crippen LogP contribution in [0, 0.1) is 5.41 Å². The Balaban J connectivity index is 1.27. The smallest absolute Gasteiger partial charge is 0.410 e. The number of rotatable bonds is 8. The molecule has 1 saturated carbocycles. The Morgan fingerprint density at radius 3 is 2.64 bits per heavy atom. The fraction of sp³-hybridized carbons (Fsp3) is 0.680. The SMILES string of the molecule is COC[C@@H](CCN1CCC2(CC2)[C@H](O)C1)N1CCN(C(=O)OCc2ccccc2)CCC1=O. The average Bonchev–Trinajstić information content (AvgIpc) is 3.63. The van der Waals surface area contributed by atoms with Crippen LogP contribution in [0.4, 0.5) is 4.79 Å². The number of amides is 2. The number of hydrogen-bond acceptors (Lipinski definition) is 6. The Bertz CT molecular complexity index is 800. The number of piperidine rings is 1. The van der Waals surface area contributed by atoms with Crippen molar-refractivity contribution in [1.82, 2.24) is 14.7 Å². The van der Waals surface area contributed by atoms with Gasteiger partial charge in [-0.3, -0.25) is 4.79 Å². The standard InChI is InChI=1S/C25H37N3O5/c1-32-19-21(7-12-26-14-11-25(9-10-25)22(29)17-26)28-16-15-27(13-8-23(28)30)24(31)33-18-20-5-3-2-4-6-20/h2-6,21-22,29H,7-19H2,1H3/t21-,22-/m1/s1. The number of methoxy groups -OCH3 is 1. The van der Waals surface area contributed by atoms with Gasteiger partial charge in [-0.1, -0.05) is 30.3 Å². The molecule has 1 spiro atoms. The van der Waals surface area contributed by atoms with Crippen LogP contribution in [0.25, 0.3) is 0 Å². The van der Waals surface area contributed by atoms with E-state index in [0.717, 1.165) is 44.3 Å². The molecule has 1 aliphatic carbocycles. The van der Waals surface area contributed by atoms with Gasteiger partial charge < -0.3 is 29.3 Å². The summed E-state index contributed by atoms with van der Waals surface area (Å²) >= 11 is 0. The molecule has 0 bridgehead atoms. The number of ether oxygens (including phenoxy) is 2. The first-order chi connectivity index (χ1) is 16.0. The van der Waals surface area contributed by atoms with Crippen LogP contribution < -0.4 is 0 Å². The van der Waals surface area contributed by atoms with Gasteiger partial charge in [-0.15, -0.1) is 0 Å². The number of carbonyl (C=O) groups excluding carboxylic acids is 2. The number of nitrogens with zero attached hydrogens (tertiary/aromatic N) is 3. The van der Waals surface area contributed by atoms with Crippen LogP contribution >= 0.6 is 0 Å². The van der Waals surface area contributed by atoms with E-state index in [1.165, 1.54) is 0 Å². The molecule has 0 radical (unpaired) electrons. The summed E-state index contributed by atoms with van der Waals surface area (Å²) in [6, 6.07) is 9.54. The summed E-state index contributed by atoms with van der Waals surface area (Å²) < 4.78 is 10.9. The highest BCUT2D eigenvalue weighted by Gasteiger charge is 2.51. The molecule has 2 amide bonds. The molecule has 0 aromatic heterocycles. The lowest BCUT2D eigenvalue weighted by atomic mass is 9.90. The first kappa shape index (κ1) is 24.0. The largest absolute Gasteiger partial charge is 0.445 e. The molecule has 2 aliphatic heterocycles. The van der Waals surface area contributed by atoms with Crippen molar-refractivity contribution in [3.8, 4) is 0 Å². The summed E-state index contributed by atoms with van der Waals surface area (Å²) in [7, 11) is 1.66. The van der Waals surface area contributed by atoms with Gasteiger partial charge in [0.1, 0.15) is 6.61 Å². The molecule has 0 unspecified atom stereocenters. The van der Waals surface area contributed by atoms with Crippen molar-refractivity contribution in [2.45, 2.75) is 50.9 Å². The maximum Gasteiger partial charge on any atom is 0.410 e. The normalized spacial score (nSPS) is 23.9. The Morgan fingerprint density at radius 1 is 1.15 bits per heavy atom. The van der Waals surface area contributed by atoms with Gasteiger partial charge >= 0.3 is 6.09 Å². The van der Waals surface area contributed by atoms with Gasteiger partial charge in [0.05, 0.1) is 18.8 Å². The highest BCUT2D eigenvalue weighted by Crippen LogP contribution is 2.53. The minimum atomic E-state index is -0.381. The molecular weight excluding hydrogens is 422 g/mol. The van der Waals surface area contributed by atoms with Crippen molar-refractivity contribution >= 4 is 12.0 Å². The number of likely N-dealkylation sites (tertiary alicyclic amines) is 1. The third-order valence-electron chi connectivity index (χ3n) is 7.52. The van der Waals surface area contributed by atoms with Crippen LogP contribution in [0.3, 0.4) is 0 Å². The Kier molecular flexibility index (Phi) is 7.88. The maximum atomic E-state index is 12.9. The van der Waals surface area contributed by atoms with E-state index in [9.17, 15) is 14.7 Å². The van der Waals surface area contributed by atoms with Crippen molar-refractivity contribution in [1.29, 1.82) is 0 Å². The van der Waals surface area contributed by atoms with Crippen molar-refractivity contribution in [2.24, 2.45) is 5.41 Å². The van der Waals surface area contributed by atoms with Gasteiger partial charge in [-0.05, 0) is 43.2 Å². The van der Waals surface area contributed by atoms with Gasteiger partial charge in [0, 0.05) is 46.3 Å². The van der Waals surface area contributed by atoms with Crippen LogP contribution in [0.15, 0.2) is 30.3 Å². The van der Waals surface area contributed by atoms with E-state index < -0.39 is 0 Å².